The summed E-state index contributed by atoms with van der Waals surface area (Å²) in [5.74, 6) is -11.0. The van der Waals surface area contributed by atoms with E-state index in [0.717, 1.165) is 6.42 Å². The van der Waals surface area contributed by atoms with Gasteiger partial charge in [0.2, 0.25) is 34.7 Å². The maximum atomic E-state index is 13.9. The lowest BCUT2D eigenvalue weighted by molar-refractivity contribution is -0.259. The second-order valence-electron chi connectivity index (χ2n) is 14.3. The number of ketones is 7. The van der Waals surface area contributed by atoms with E-state index in [0.29, 0.717) is 19.3 Å². The summed E-state index contributed by atoms with van der Waals surface area (Å²) in [4.78, 5) is 115. The van der Waals surface area contributed by atoms with Crippen LogP contribution < -0.4 is 0 Å². The van der Waals surface area contributed by atoms with Crippen LogP contribution in [0.4, 0.5) is 0 Å². The molecule has 0 radical (unpaired) electrons. The smallest absolute Gasteiger partial charge is 0.299 e. The molecular weight excluding hydrogens is 893 g/mol. The number of rotatable bonds is 27. The Labute approximate surface area is 455 Å². The lowest BCUT2D eigenvalue weighted by atomic mass is 9.73. The van der Waals surface area contributed by atoms with E-state index in [9.17, 15) is 38.4 Å². The van der Waals surface area contributed by atoms with Gasteiger partial charge in [-0.2, -0.15) is 4.89 Å². The number of hydrogen-bond acceptors (Lipinski definition) is 10. The van der Waals surface area contributed by atoms with Crippen LogP contribution in [0.3, 0.4) is 0 Å². The van der Waals surface area contributed by atoms with Crippen molar-refractivity contribution < 1.29 is 48.1 Å². The van der Waals surface area contributed by atoms with Gasteiger partial charge in [0.05, 0.1) is 13.0 Å². The number of hydrogen-bond donors (Lipinski definition) is 0. The molecule has 0 rings (SSSR count). The van der Waals surface area contributed by atoms with Crippen molar-refractivity contribution in [2.45, 2.75) is 282 Å². The largest absolute Gasteiger partial charge is 0.345 e. The Kier molecular flexibility index (Phi) is 154. The second kappa shape index (κ2) is 75.8. The third kappa shape index (κ3) is 46.4. The summed E-state index contributed by atoms with van der Waals surface area (Å²) in [5, 5.41) is 0. The summed E-state index contributed by atoms with van der Waals surface area (Å²) in [6.45, 7) is 25.3. The average Bonchev–Trinajstić information content (AvgIpc) is 3.13. The Balaban J connectivity index is -0.0000000538. The van der Waals surface area contributed by atoms with Gasteiger partial charge in [0, 0.05) is 47.8 Å². The third-order valence-corrected chi connectivity index (χ3v) is 10.7. The van der Waals surface area contributed by atoms with E-state index in [-0.39, 0.29) is 192 Å². The van der Waals surface area contributed by atoms with Crippen molar-refractivity contribution in [3.8, 4) is 0 Å². The summed E-state index contributed by atoms with van der Waals surface area (Å²) in [7, 11) is 1.18. The Morgan fingerprint density at radius 3 is 1.06 bits per heavy atom. The molecule has 0 aliphatic carbocycles. The van der Waals surface area contributed by atoms with Crippen molar-refractivity contribution >= 4 is 46.5 Å². The van der Waals surface area contributed by atoms with E-state index >= 15 is 0 Å². The van der Waals surface area contributed by atoms with Gasteiger partial charge < -0.3 is 0 Å². The van der Waals surface area contributed by atoms with Gasteiger partial charge >= 0.3 is 5.97 Å². The molecule has 0 heterocycles. The average molecular weight is 1040 g/mol. The summed E-state index contributed by atoms with van der Waals surface area (Å²) in [5.41, 5.74) is 0. The first-order valence-electron chi connectivity index (χ1n) is 18.9. The van der Waals surface area contributed by atoms with E-state index in [1.54, 1.807) is 48.5 Å². The molecule has 0 N–H and O–H groups in total. The number of Topliss-reactive ketones (excluding diaryl/α,β-unsaturated/α-hetero) is 7. The molecule has 0 spiro atoms. The van der Waals surface area contributed by atoms with Crippen LogP contribution >= 0.6 is 0 Å². The molecule has 71 heavy (non-hydrogen) atoms. The molecule has 0 aliphatic rings. The van der Waals surface area contributed by atoms with E-state index in [1.807, 2.05) is 20.8 Å². The summed E-state index contributed by atoms with van der Waals surface area (Å²) in [6.07, 6.45) is 2.60. The zero-order chi connectivity index (χ0) is 40.2. The normalized spacial score (nSPS) is 12.2. The van der Waals surface area contributed by atoms with Crippen molar-refractivity contribution in [1.29, 1.82) is 0 Å². The minimum absolute atomic E-state index is 0. The van der Waals surface area contributed by atoms with Gasteiger partial charge in [0.1, 0.15) is 5.78 Å². The lowest BCUT2D eigenvalue weighted by Crippen LogP contribution is -2.40. The molecule has 10 heteroatoms. The standard InChI is InChI=1S/C39H64O10.C2H4.20CH4/c1-13-22(6)18-32(40)24(8)19-28(15-3)36(44)37(45)30(21-29(16-4)39(47)49-48-12)20-25(9)34(42)38(46)31(17-5)26(10)27(11)35(43)33(41)23(7)14-2;1-2;;;;;;;;;;;;;;;;;;;;/h22-31H,13-21H2,1-12H3;1-2H2;20*1H4. The van der Waals surface area contributed by atoms with Crippen molar-refractivity contribution in [2.75, 3.05) is 7.11 Å². The molecule has 10 unspecified atom stereocenters. The van der Waals surface area contributed by atoms with E-state index in [2.05, 4.69) is 18.0 Å². The van der Waals surface area contributed by atoms with Gasteiger partial charge in [0.15, 0.2) is 0 Å². The fourth-order valence-electron chi connectivity index (χ4n) is 6.34. The Bertz CT molecular complexity index is 1180. The highest BCUT2D eigenvalue weighted by Gasteiger charge is 2.41. The number of carbonyl (C=O) groups excluding carboxylic acids is 8. The molecular formula is C61H148O10. The predicted molar refractivity (Wildman–Crippen MR) is 333 cm³/mol. The van der Waals surface area contributed by atoms with Crippen LogP contribution in [0.2, 0.25) is 0 Å². The highest BCUT2D eigenvalue weighted by molar-refractivity contribution is 6.41. The predicted octanol–water partition coefficient (Wildman–Crippen LogP) is 20.5. The fourth-order valence-corrected chi connectivity index (χ4v) is 6.34. The first kappa shape index (κ1) is 144. The molecule has 0 bridgehead atoms. The Morgan fingerprint density at radius 1 is 0.380 bits per heavy atom. The molecule has 0 aromatic heterocycles. The van der Waals surface area contributed by atoms with Crippen molar-refractivity contribution in [1.82, 2.24) is 0 Å². The van der Waals surface area contributed by atoms with Crippen molar-refractivity contribution in [3.63, 3.8) is 0 Å². The molecule has 10 atom stereocenters. The van der Waals surface area contributed by atoms with Crippen molar-refractivity contribution in [2.24, 2.45) is 59.2 Å². The topological polar surface area (TPSA) is 155 Å². The summed E-state index contributed by atoms with van der Waals surface area (Å²) in [6, 6.07) is 0. The Hall–Kier alpha value is -3.14. The molecule has 0 aromatic rings. The van der Waals surface area contributed by atoms with Gasteiger partial charge in [-0.3, -0.25) is 38.4 Å². The molecule has 0 amide bonds. The van der Waals surface area contributed by atoms with Crippen LogP contribution in [0, 0.1) is 59.2 Å². The van der Waals surface area contributed by atoms with E-state index in [1.165, 1.54) is 14.0 Å². The molecule has 0 fully saturated rings. The van der Waals surface area contributed by atoms with Gasteiger partial charge in [-0.1, -0.05) is 231 Å². The van der Waals surface area contributed by atoms with Crippen LogP contribution in [0.1, 0.15) is 282 Å². The maximum absolute atomic E-state index is 13.9. The SMILES string of the molecule is C.C.C.C.C.C.C.C.C.C.C.C.C.C.C.C.C.C.C.C.C=C.CCC(C)CC(=O)C(C)CC(CC)C(=O)C(=O)C(CC(C)C(=O)C(=O)C(CC)C(C)C(C)C(=O)C(=O)C(C)CC)CC(CC)C(=O)OOC. The third-order valence-electron chi connectivity index (χ3n) is 10.7. The fraction of sp³-hybridized carbons (Fsp3) is 0.836. The first-order chi connectivity index (χ1) is 23.9. The van der Waals surface area contributed by atoms with Gasteiger partial charge in [-0.15, -0.1) is 13.2 Å². The summed E-state index contributed by atoms with van der Waals surface area (Å²) >= 11 is 0. The minimum Gasteiger partial charge on any atom is -0.299 e. The quantitative estimate of drug-likeness (QED) is 0.0336. The lowest BCUT2D eigenvalue weighted by Gasteiger charge is -2.28. The van der Waals surface area contributed by atoms with Crippen LogP contribution in [0.25, 0.3) is 0 Å². The van der Waals surface area contributed by atoms with Gasteiger partial charge in [-0.05, 0) is 56.8 Å². The number of carbonyl (C=O) groups is 8. The van der Waals surface area contributed by atoms with Crippen molar-refractivity contribution in [3.05, 3.63) is 13.2 Å². The van der Waals surface area contributed by atoms with Crippen LogP contribution in [-0.2, 0) is 48.1 Å². The maximum Gasteiger partial charge on any atom is 0.345 e. The molecule has 10 nitrogen and oxygen atoms in total. The second-order valence-corrected chi connectivity index (χ2v) is 14.3. The van der Waals surface area contributed by atoms with Gasteiger partial charge in [-0.25, -0.2) is 4.79 Å². The molecule has 0 saturated heterocycles. The van der Waals surface area contributed by atoms with Crippen LogP contribution in [0.5, 0.6) is 0 Å². The Morgan fingerprint density at radius 2 is 0.732 bits per heavy atom. The van der Waals surface area contributed by atoms with Crippen LogP contribution in [0.15, 0.2) is 13.2 Å². The highest BCUT2D eigenvalue weighted by atomic mass is 17.2. The first-order valence-corrected chi connectivity index (χ1v) is 18.9. The summed E-state index contributed by atoms with van der Waals surface area (Å²) < 4.78 is 0. The molecule has 0 saturated carbocycles. The molecule has 0 aliphatic heterocycles. The zero-order valence-electron chi connectivity index (χ0n) is 33.6. The van der Waals surface area contributed by atoms with E-state index in [4.69, 9.17) is 4.89 Å². The monoisotopic (exact) mass is 1040 g/mol. The minimum atomic E-state index is -1.07. The van der Waals surface area contributed by atoms with Gasteiger partial charge in [0.25, 0.3) is 0 Å². The van der Waals surface area contributed by atoms with E-state index < -0.39 is 93.9 Å². The zero-order valence-corrected chi connectivity index (χ0v) is 33.6. The van der Waals surface area contributed by atoms with Crippen LogP contribution in [-0.4, -0.2) is 53.6 Å². The molecule has 452 valence electrons. The highest BCUT2D eigenvalue weighted by Crippen LogP contribution is 2.31. The molecule has 0 aromatic carbocycles.